The van der Waals surface area contributed by atoms with Gasteiger partial charge in [-0.15, -0.1) is 0 Å². The molecule has 0 radical (unpaired) electrons. The molecule has 1 aromatic carbocycles. The first-order valence-corrected chi connectivity index (χ1v) is 7.38. The van der Waals surface area contributed by atoms with Gasteiger partial charge in [0.2, 0.25) is 0 Å². The molecule has 106 valence electrons. The summed E-state index contributed by atoms with van der Waals surface area (Å²) in [5, 5.41) is 3.38. The van der Waals surface area contributed by atoms with Gasteiger partial charge in [0.15, 0.2) is 0 Å². The highest BCUT2D eigenvalue weighted by Crippen LogP contribution is 2.16. The van der Waals surface area contributed by atoms with Crippen molar-refractivity contribution in [2.45, 2.75) is 26.7 Å². The summed E-state index contributed by atoms with van der Waals surface area (Å²) in [5.41, 5.74) is 2.55. The van der Waals surface area contributed by atoms with Gasteiger partial charge < -0.3 is 15.0 Å². The van der Waals surface area contributed by atoms with Gasteiger partial charge in [-0.25, -0.2) is 0 Å². The normalized spacial score (nSPS) is 16.5. The van der Waals surface area contributed by atoms with E-state index in [2.05, 4.69) is 42.3 Å². The van der Waals surface area contributed by atoms with Crippen LogP contribution in [0.4, 0.5) is 0 Å². The fourth-order valence-electron chi connectivity index (χ4n) is 2.58. The van der Waals surface area contributed by atoms with Crippen LogP contribution in [-0.4, -0.2) is 44.2 Å². The number of hydrogen-bond donors (Lipinski definition) is 1. The third-order valence-electron chi connectivity index (χ3n) is 3.54. The van der Waals surface area contributed by atoms with Crippen molar-refractivity contribution in [2.75, 3.05) is 39.3 Å². The largest absolute Gasteiger partial charge is 0.494 e. The van der Waals surface area contributed by atoms with Gasteiger partial charge in [0.05, 0.1) is 6.61 Å². The molecule has 0 bridgehead atoms. The Kier molecular flexibility index (Phi) is 5.67. The number of hydrogen-bond acceptors (Lipinski definition) is 3. The standard InChI is InChI=1S/C16H26N2O/c1-14-11-15(2)13-16(12-14)19-10-4-3-7-18-8-5-17-6-9-18/h11-13,17H,3-10H2,1-2H3. The molecule has 1 aliphatic heterocycles. The number of rotatable bonds is 6. The number of benzene rings is 1. The Labute approximate surface area is 116 Å². The molecule has 0 amide bonds. The number of aryl methyl sites for hydroxylation is 2. The molecule has 3 heteroatoms. The molecular weight excluding hydrogens is 236 g/mol. The first-order valence-electron chi connectivity index (χ1n) is 7.38. The molecule has 0 aromatic heterocycles. The zero-order valence-corrected chi connectivity index (χ0v) is 12.2. The second kappa shape index (κ2) is 7.51. The molecular formula is C16H26N2O. The van der Waals surface area contributed by atoms with Crippen LogP contribution in [0.25, 0.3) is 0 Å². The van der Waals surface area contributed by atoms with Gasteiger partial charge in [0, 0.05) is 26.2 Å². The molecule has 3 nitrogen and oxygen atoms in total. The Morgan fingerprint density at radius 2 is 1.74 bits per heavy atom. The lowest BCUT2D eigenvalue weighted by molar-refractivity contribution is 0.226. The third-order valence-corrected chi connectivity index (χ3v) is 3.54. The lowest BCUT2D eigenvalue weighted by atomic mass is 10.1. The molecule has 1 N–H and O–H groups in total. The van der Waals surface area contributed by atoms with E-state index in [4.69, 9.17) is 4.74 Å². The highest BCUT2D eigenvalue weighted by Gasteiger charge is 2.08. The zero-order valence-electron chi connectivity index (χ0n) is 12.2. The van der Waals surface area contributed by atoms with Crippen molar-refractivity contribution in [2.24, 2.45) is 0 Å². The zero-order chi connectivity index (χ0) is 13.5. The van der Waals surface area contributed by atoms with E-state index in [1.54, 1.807) is 0 Å². The predicted molar refractivity (Wildman–Crippen MR) is 80.0 cm³/mol. The monoisotopic (exact) mass is 262 g/mol. The van der Waals surface area contributed by atoms with Gasteiger partial charge in [0.25, 0.3) is 0 Å². The quantitative estimate of drug-likeness (QED) is 0.797. The van der Waals surface area contributed by atoms with Gasteiger partial charge in [0.1, 0.15) is 5.75 Å². The topological polar surface area (TPSA) is 24.5 Å². The van der Waals surface area contributed by atoms with Crippen LogP contribution >= 0.6 is 0 Å². The van der Waals surface area contributed by atoms with E-state index in [9.17, 15) is 0 Å². The van der Waals surface area contributed by atoms with Crippen molar-refractivity contribution in [3.63, 3.8) is 0 Å². The average molecular weight is 262 g/mol. The molecule has 1 aliphatic rings. The molecule has 19 heavy (non-hydrogen) atoms. The molecule has 0 saturated carbocycles. The molecule has 0 aliphatic carbocycles. The average Bonchev–Trinajstić information content (AvgIpc) is 2.38. The van der Waals surface area contributed by atoms with E-state index in [1.165, 1.54) is 37.2 Å². The number of nitrogens with one attached hydrogen (secondary N) is 1. The summed E-state index contributed by atoms with van der Waals surface area (Å²) in [6, 6.07) is 6.41. The number of unbranched alkanes of at least 4 members (excludes halogenated alkanes) is 1. The van der Waals surface area contributed by atoms with Crippen LogP contribution in [0.1, 0.15) is 24.0 Å². The number of ether oxygens (including phenoxy) is 1. The molecule has 0 unspecified atom stereocenters. The Balaban J connectivity index is 1.60. The minimum absolute atomic E-state index is 0.828. The molecule has 0 spiro atoms. The minimum Gasteiger partial charge on any atom is -0.494 e. The van der Waals surface area contributed by atoms with Gasteiger partial charge >= 0.3 is 0 Å². The van der Waals surface area contributed by atoms with Gasteiger partial charge in [-0.2, -0.15) is 0 Å². The summed E-state index contributed by atoms with van der Waals surface area (Å²) in [4.78, 5) is 2.54. The molecule has 1 saturated heterocycles. The van der Waals surface area contributed by atoms with Crippen LogP contribution in [0, 0.1) is 13.8 Å². The molecule has 0 atom stereocenters. The summed E-state index contributed by atoms with van der Waals surface area (Å²) in [6.07, 6.45) is 2.36. The van der Waals surface area contributed by atoms with E-state index < -0.39 is 0 Å². The Morgan fingerprint density at radius 3 is 2.42 bits per heavy atom. The van der Waals surface area contributed by atoms with Crippen molar-refractivity contribution >= 4 is 0 Å². The fourth-order valence-corrected chi connectivity index (χ4v) is 2.58. The minimum atomic E-state index is 0.828. The van der Waals surface area contributed by atoms with Gasteiger partial charge in [-0.05, 0) is 56.5 Å². The number of nitrogens with zero attached hydrogens (tertiary/aromatic N) is 1. The van der Waals surface area contributed by atoms with Gasteiger partial charge in [-0.1, -0.05) is 6.07 Å². The summed E-state index contributed by atoms with van der Waals surface area (Å²) >= 11 is 0. The summed E-state index contributed by atoms with van der Waals surface area (Å²) in [7, 11) is 0. The van der Waals surface area contributed by atoms with Gasteiger partial charge in [-0.3, -0.25) is 0 Å². The van der Waals surface area contributed by atoms with Crippen molar-refractivity contribution in [3.05, 3.63) is 29.3 Å². The fraction of sp³-hybridized carbons (Fsp3) is 0.625. The second-order valence-corrected chi connectivity index (χ2v) is 5.47. The lowest BCUT2D eigenvalue weighted by Gasteiger charge is -2.26. The van der Waals surface area contributed by atoms with E-state index in [0.29, 0.717) is 0 Å². The highest BCUT2D eigenvalue weighted by atomic mass is 16.5. The van der Waals surface area contributed by atoms with E-state index in [0.717, 1.165) is 31.9 Å². The van der Waals surface area contributed by atoms with Crippen LogP contribution in [0.5, 0.6) is 5.75 Å². The summed E-state index contributed by atoms with van der Waals surface area (Å²) in [5.74, 6) is 1.01. The molecule has 2 rings (SSSR count). The van der Waals surface area contributed by atoms with E-state index in [-0.39, 0.29) is 0 Å². The van der Waals surface area contributed by atoms with Crippen LogP contribution < -0.4 is 10.1 Å². The van der Waals surface area contributed by atoms with Crippen molar-refractivity contribution in [1.82, 2.24) is 10.2 Å². The maximum atomic E-state index is 5.83. The second-order valence-electron chi connectivity index (χ2n) is 5.47. The Bertz CT molecular complexity index is 366. The van der Waals surface area contributed by atoms with Crippen LogP contribution in [0.3, 0.4) is 0 Å². The Hall–Kier alpha value is -1.06. The van der Waals surface area contributed by atoms with E-state index in [1.807, 2.05) is 0 Å². The summed E-state index contributed by atoms with van der Waals surface area (Å²) < 4.78 is 5.83. The first-order chi connectivity index (χ1) is 9.24. The van der Waals surface area contributed by atoms with Crippen LogP contribution in [0.15, 0.2) is 18.2 Å². The number of piperazine rings is 1. The van der Waals surface area contributed by atoms with Crippen molar-refractivity contribution in [1.29, 1.82) is 0 Å². The molecule has 1 fully saturated rings. The first kappa shape index (κ1) is 14.4. The highest BCUT2D eigenvalue weighted by molar-refractivity contribution is 5.32. The van der Waals surface area contributed by atoms with E-state index >= 15 is 0 Å². The third kappa shape index (κ3) is 5.21. The molecule has 1 aromatic rings. The SMILES string of the molecule is Cc1cc(C)cc(OCCCCN2CCNCC2)c1. The smallest absolute Gasteiger partial charge is 0.119 e. The van der Waals surface area contributed by atoms with Crippen LogP contribution in [0.2, 0.25) is 0 Å². The van der Waals surface area contributed by atoms with Crippen LogP contribution in [-0.2, 0) is 0 Å². The molecule has 1 heterocycles. The summed E-state index contributed by atoms with van der Waals surface area (Å²) in [6.45, 7) is 10.9. The van der Waals surface area contributed by atoms with Crippen molar-refractivity contribution in [3.8, 4) is 5.75 Å². The van der Waals surface area contributed by atoms with Crippen molar-refractivity contribution < 1.29 is 4.74 Å². The lowest BCUT2D eigenvalue weighted by Crippen LogP contribution is -2.43. The maximum absolute atomic E-state index is 5.83. The predicted octanol–water partition coefficient (Wildman–Crippen LogP) is 2.37. The maximum Gasteiger partial charge on any atom is 0.119 e. The Morgan fingerprint density at radius 1 is 1.05 bits per heavy atom.